The Bertz CT molecular complexity index is 1630. The molecule has 4 aromatic rings. The first-order chi connectivity index (χ1) is 21.2. The van der Waals surface area contributed by atoms with Crippen molar-refractivity contribution in [2.75, 3.05) is 18.6 Å². The highest BCUT2D eigenvalue weighted by atomic mass is 35.5. The molecule has 1 aliphatic carbocycles. The van der Waals surface area contributed by atoms with Crippen LogP contribution in [-0.4, -0.2) is 60.6 Å². The average Bonchev–Trinajstić information content (AvgIpc) is 3.38. The van der Waals surface area contributed by atoms with Gasteiger partial charge in [0.15, 0.2) is 0 Å². The topological polar surface area (TPSA) is 145 Å². The molecule has 0 spiro atoms. The Morgan fingerprint density at radius 2 is 1.80 bits per heavy atom. The quantitative estimate of drug-likeness (QED) is 0.231. The lowest BCUT2D eigenvalue weighted by Crippen LogP contribution is -2.44. The standard InChI is InChI=1S/C31H34ClN9O3/c1-19(2)18-44-31(42)41(27-10-7-21(13-35-27)23-15-36-30(43-4)37-16-23)24-8-5-20(6-9-24)11-26-34-14-22(12-33)28(38-26)29-25(32)17-40(3)39-29/h7,10,13-17,19-20,24H,5-6,8-9,11,18H2,1-4H3. The maximum Gasteiger partial charge on any atom is 0.415 e. The summed E-state index contributed by atoms with van der Waals surface area (Å²) in [6, 6.07) is 6.09. The number of methoxy groups -OCH3 is 1. The van der Waals surface area contributed by atoms with Crippen LogP contribution in [0.5, 0.6) is 6.01 Å². The number of hydrogen-bond acceptors (Lipinski definition) is 10. The van der Waals surface area contributed by atoms with E-state index in [0.29, 0.717) is 52.6 Å². The molecular formula is C31H34ClN9O3. The van der Waals surface area contributed by atoms with E-state index >= 15 is 0 Å². The van der Waals surface area contributed by atoms with E-state index in [2.05, 4.69) is 31.1 Å². The van der Waals surface area contributed by atoms with Gasteiger partial charge in [0, 0.05) is 61.6 Å². The van der Waals surface area contributed by atoms with Crippen molar-refractivity contribution in [3.05, 3.63) is 59.5 Å². The van der Waals surface area contributed by atoms with Gasteiger partial charge in [-0.05, 0) is 49.7 Å². The van der Waals surface area contributed by atoms with Gasteiger partial charge in [-0.3, -0.25) is 9.58 Å². The van der Waals surface area contributed by atoms with Crippen molar-refractivity contribution in [1.29, 1.82) is 5.26 Å². The second-order valence-electron chi connectivity index (χ2n) is 11.2. The molecule has 1 amide bonds. The van der Waals surface area contributed by atoms with Crippen LogP contribution in [0.2, 0.25) is 5.02 Å². The Hall–Kier alpha value is -4.63. The van der Waals surface area contributed by atoms with Crippen LogP contribution in [0.15, 0.2) is 43.1 Å². The van der Waals surface area contributed by atoms with Crippen molar-refractivity contribution in [1.82, 2.24) is 34.7 Å². The number of aryl methyl sites for hydroxylation is 1. The molecule has 0 atom stereocenters. The summed E-state index contributed by atoms with van der Waals surface area (Å²) < 4.78 is 12.3. The summed E-state index contributed by atoms with van der Waals surface area (Å²) >= 11 is 6.35. The number of rotatable bonds is 9. The van der Waals surface area contributed by atoms with Gasteiger partial charge in [0.25, 0.3) is 0 Å². The van der Waals surface area contributed by atoms with Gasteiger partial charge in [0.05, 0.1) is 24.3 Å². The van der Waals surface area contributed by atoms with Crippen LogP contribution in [0.4, 0.5) is 10.6 Å². The van der Waals surface area contributed by atoms with Gasteiger partial charge in [-0.25, -0.2) is 29.7 Å². The summed E-state index contributed by atoms with van der Waals surface area (Å²) in [6.07, 6.45) is 11.8. The molecule has 4 aromatic heterocycles. The normalized spacial score (nSPS) is 16.4. The molecule has 0 aromatic carbocycles. The van der Waals surface area contributed by atoms with Gasteiger partial charge in [-0.15, -0.1) is 0 Å². The van der Waals surface area contributed by atoms with Gasteiger partial charge in [0.2, 0.25) is 0 Å². The zero-order valence-corrected chi connectivity index (χ0v) is 25.9. The fourth-order valence-corrected chi connectivity index (χ4v) is 5.54. The third kappa shape index (κ3) is 7.11. The van der Waals surface area contributed by atoms with E-state index in [4.69, 9.17) is 26.1 Å². The number of aromatic nitrogens is 7. The van der Waals surface area contributed by atoms with E-state index in [1.54, 1.807) is 41.4 Å². The van der Waals surface area contributed by atoms with Crippen LogP contribution in [0.25, 0.3) is 22.5 Å². The Kier molecular flexibility index (Phi) is 9.65. The van der Waals surface area contributed by atoms with Crippen molar-refractivity contribution in [2.45, 2.75) is 52.0 Å². The minimum absolute atomic E-state index is 0.0710. The molecule has 228 valence electrons. The predicted molar refractivity (Wildman–Crippen MR) is 164 cm³/mol. The van der Waals surface area contributed by atoms with Gasteiger partial charge in [-0.1, -0.05) is 25.4 Å². The number of hydrogen-bond donors (Lipinski definition) is 0. The lowest BCUT2D eigenvalue weighted by molar-refractivity contribution is 0.134. The lowest BCUT2D eigenvalue weighted by Gasteiger charge is -2.35. The molecule has 13 heteroatoms. The van der Waals surface area contributed by atoms with Gasteiger partial charge < -0.3 is 9.47 Å². The third-order valence-electron chi connectivity index (χ3n) is 7.50. The number of carbonyl (C=O) groups excluding carboxylic acids is 1. The van der Waals surface area contributed by atoms with E-state index in [0.717, 1.165) is 36.8 Å². The zero-order chi connectivity index (χ0) is 31.2. The van der Waals surface area contributed by atoms with Gasteiger partial charge in [-0.2, -0.15) is 10.4 Å². The smallest absolute Gasteiger partial charge is 0.415 e. The van der Waals surface area contributed by atoms with Crippen LogP contribution in [0.3, 0.4) is 0 Å². The SMILES string of the molecule is COc1ncc(-c2ccc(N(C(=O)OCC(C)C)C3CCC(Cc4ncc(C#N)c(-c5nn(C)cc5Cl)n4)CC3)nc2)cn1. The summed E-state index contributed by atoms with van der Waals surface area (Å²) in [4.78, 5) is 37.2. The minimum Gasteiger partial charge on any atom is -0.467 e. The van der Waals surface area contributed by atoms with Crippen molar-refractivity contribution in [3.63, 3.8) is 0 Å². The molecule has 0 bridgehead atoms. The fourth-order valence-electron chi connectivity index (χ4n) is 5.27. The number of halogens is 1. The molecule has 44 heavy (non-hydrogen) atoms. The molecule has 1 fully saturated rings. The highest BCUT2D eigenvalue weighted by Crippen LogP contribution is 2.33. The maximum absolute atomic E-state index is 13.4. The first kappa shape index (κ1) is 30.8. The summed E-state index contributed by atoms with van der Waals surface area (Å²) in [7, 11) is 3.28. The Morgan fingerprint density at radius 1 is 1.07 bits per heavy atom. The molecule has 0 aliphatic heterocycles. The van der Waals surface area contributed by atoms with Crippen molar-refractivity contribution in [2.24, 2.45) is 18.9 Å². The zero-order valence-electron chi connectivity index (χ0n) is 25.1. The molecule has 12 nitrogen and oxygen atoms in total. The van der Waals surface area contributed by atoms with Crippen molar-refractivity contribution >= 4 is 23.5 Å². The van der Waals surface area contributed by atoms with Crippen LogP contribution >= 0.6 is 11.6 Å². The number of nitriles is 1. The van der Waals surface area contributed by atoms with Crippen molar-refractivity contribution in [3.8, 4) is 34.6 Å². The molecule has 4 heterocycles. The Labute approximate surface area is 261 Å². The minimum atomic E-state index is -0.400. The Balaban J connectivity index is 1.30. The van der Waals surface area contributed by atoms with E-state index in [-0.39, 0.29) is 18.0 Å². The predicted octanol–water partition coefficient (Wildman–Crippen LogP) is 5.66. The number of anilines is 1. The summed E-state index contributed by atoms with van der Waals surface area (Å²) in [5.74, 6) is 1.69. The molecule has 0 unspecified atom stereocenters. The first-order valence-corrected chi connectivity index (χ1v) is 14.9. The van der Waals surface area contributed by atoms with E-state index in [9.17, 15) is 10.1 Å². The van der Waals surface area contributed by atoms with E-state index in [1.807, 2.05) is 26.0 Å². The van der Waals surface area contributed by atoms with Gasteiger partial charge >= 0.3 is 12.1 Å². The molecule has 1 aliphatic rings. The first-order valence-electron chi connectivity index (χ1n) is 14.5. The molecular weight excluding hydrogens is 582 g/mol. The highest BCUT2D eigenvalue weighted by molar-refractivity contribution is 6.33. The van der Waals surface area contributed by atoms with Crippen LogP contribution < -0.4 is 9.64 Å². The molecule has 0 radical (unpaired) electrons. The number of carbonyl (C=O) groups is 1. The Morgan fingerprint density at radius 3 is 2.39 bits per heavy atom. The maximum atomic E-state index is 13.4. The molecule has 1 saturated carbocycles. The number of nitrogens with zero attached hydrogens (tertiary/aromatic N) is 9. The fraction of sp³-hybridized carbons (Fsp3) is 0.419. The number of ether oxygens (including phenoxy) is 2. The second kappa shape index (κ2) is 13.8. The monoisotopic (exact) mass is 615 g/mol. The van der Waals surface area contributed by atoms with Crippen LogP contribution in [-0.2, 0) is 18.2 Å². The average molecular weight is 616 g/mol. The molecule has 0 N–H and O–H groups in total. The highest BCUT2D eigenvalue weighted by Gasteiger charge is 2.32. The third-order valence-corrected chi connectivity index (χ3v) is 7.77. The van der Waals surface area contributed by atoms with Crippen LogP contribution in [0, 0.1) is 23.2 Å². The van der Waals surface area contributed by atoms with E-state index in [1.165, 1.54) is 13.3 Å². The number of pyridine rings is 1. The van der Waals surface area contributed by atoms with Crippen molar-refractivity contribution < 1.29 is 14.3 Å². The molecule has 5 rings (SSSR count). The second-order valence-corrected chi connectivity index (χ2v) is 11.6. The molecule has 0 saturated heterocycles. The summed E-state index contributed by atoms with van der Waals surface area (Å²) in [5.41, 5.74) is 2.84. The van der Waals surface area contributed by atoms with E-state index < -0.39 is 6.09 Å². The summed E-state index contributed by atoms with van der Waals surface area (Å²) in [6.45, 7) is 4.33. The van der Waals surface area contributed by atoms with Crippen LogP contribution in [0.1, 0.15) is 50.9 Å². The lowest BCUT2D eigenvalue weighted by atomic mass is 9.83. The largest absolute Gasteiger partial charge is 0.467 e. The number of amides is 1. The van der Waals surface area contributed by atoms with Gasteiger partial charge in [0.1, 0.15) is 29.1 Å². The summed E-state index contributed by atoms with van der Waals surface area (Å²) in [5, 5.41) is 14.4.